The van der Waals surface area contributed by atoms with Crippen molar-refractivity contribution in [1.29, 1.82) is 0 Å². The lowest BCUT2D eigenvalue weighted by Crippen LogP contribution is -1.88. The SMILES string of the molecule is Cc1noc([C@@H](C)Sc2nnc(N)s2)n1. The topological polar surface area (TPSA) is 90.7 Å². The van der Waals surface area contributed by atoms with Crippen LogP contribution in [0.4, 0.5) is 5.13 Å². The predicted molar refractivity (Wildman–Crippen MR) is 57.6 cm³/mol. The summed E-state index contributed by atoms with van der Waals surface area (Å²) < 4.78 is 5.85. The standard InChI is InChI=1S/C7H9N5OS2/c1-3(5-9-4(2)12-13-5)14-7-11-10-6(8)15-7/h3H,1-2H3,(H2,8,10)/t3-/m1/s1. The summed E-state index contributed by atoms with van der Waals surface area (Å²) in [7, 11) is 0. The Balaban J connectivity index is 2.06. The van der Waals surface area contributed by atoms with Gasteiger partial charge in [-0.2, -0.15) is 4.98 Å². The van der Waals surface area contributed by atoms with Crippen molar-refractivity contribution >= 4 is 28.2 Å². The summed E-state index contributed by atoms with van der Waals surface area (Å²) in [6, 6.07) is 0. The highest BCUT2D eigenvalue weighted by atomic mass is 32.2. The number of aryl methyl sites for hydroxylation is 1. The first kappa shape index (κ1) is 10.4. The third kappa shape index (κ3) is 2.45. The van der Waals surface area contributed by atoms with Gasteiger partial charge in [0.15, 0.2) is 10.2 Å². The van der Waals surface area contributed by atoms with E-state index in [4.69, 9.17) is 10.3 Å². The summed E-state index contributed by atoms with van der Waals surface area (Å²) in [6.45, 7) is 3.75. The van der Waals surface area contributed by atoms with E-state index in [-0.39, 0.29) is 5.25 Å². The van der Waals surface area contributed by atoms with Crippen molar-refractivity contribution < 1.29 is 4.52 Å². The lowest BCUT2D eigenvalue weighted by molar-refractivity contribution is 0.376. The maximum atomic E-state index is 5.48. The van der Waals surface area contributed by atoms with Crippen molar-refractivity contribution in [1.82, 2.24) is 20.3 Å². The molecule has 0 aliphatic rings. The first-order valence-electron chi connectivity index (χ1n) is 4.21. The minimum Gasteiger partial charge on any atom is -0.374 e. The molecule has 0 unspecified atom stereocenters. The molecule has 0 aliphatic heterocycles. The molecule has 2 N–H and O–H groups in total. The molecule has 2 rings (SSSR count). The summed E-state index contributed by atoms with van der Waals surface area (Å²) in [5.41, 5.74) is 5.48. The molecule has 2 aromatic heterocycles. The molecule has 0 amide bonds. The molecule has 1 atom stereocenters. The van der Waals surface area contributed by atoms with Crippen molar-refractivity contribution in [3.63, 3.8) is 0 Å². The highest BCUT2D eigenvalue weighted by Gasteiger charge is 2.16. The van der Waals surface area contributed by atoms with Crippen molar-refractivity contribution in [3.05, 3.63) is 11.7 Å². The van der Waals surface area contributed by atoms with Gasteiger partial charge in [-0.3, -0.25) is 0 Å². The van der Waals surface area contributed by atoms with Gasteiger partial charge >= 0.3 is 0 Å². The van der Waals surface area contributed by atoms with E-state index in [9.17, 15) is 0 Å². The van der Waals surface area contributed by atoms with Gasteiger partial charge in [0.1, 0.15) is 0 Å². The van der Waals surface area contributed by atoms with E-state index >= 15 is 0 Å². The normalized spacial score (nSPS) is 12.9. The summed E-state index contributed by atoms with van der Waals surface area (Å²) in [6.07, 6.45) is 0. The number of thioether (sulfide) groups is 1. The van der Waals surface area contributed by atoms with Gasteiger partial charge in [0.2, 0.25) is 11.0 Å². The fourth-order valence-corrected chi connectivity index (χ4v) is 2.76. The molecule has 0 saturated heterocycles. The Hall–Kier alpha value is -1.15. The maximum absolute atomic E-state index is 5.48. The molecule has 2 aromatic rings. The molecule has 0 saturated carbocycles. The van der Waals surface area contributed by atoms with Crippen molar-refractivity contribution in [3.8, 4) is 0 Å². The Labute approximate surface area is 94.3 Å². The highest BCUT2D eigenvalue weighted by molar-refractivity contribution is 8.01. The predicted octanol–water partition coefficient (Wildman–Crippen LogP) is 1.67. The molecular formula is C7H9N5OS2. The van der Waals surface area contributed by atoms with Crippen LogP contribution in [-0.2, 0) is 0 Å². The first-order valence-corrected chi connectivity index (χ1v) is 5.90. The average Bonchev–Trinajstić information content (AvgIpc) is 2.75. The molecule has 0 aromatic carbocycles. The van der Waals surface area contributed by atoms with Gasteiger partial charge < -0.3 is 10.3 Å². The number of hydrogen-bond acceptors (Lipinski definition) is 8. The van der Waals surface area contributed by atoms with Crippen molar-refractivity contribution in [2.75, 3.05) is 5.73 Å². The molecule has 0 aliphatic carbocycles. The van der Waals surface area contributed by atoms with Crippen LogP contribution in [0.1, 0.15) is 23.9 Å². The fourth-order valence-electron chi connectivity index (χ4n) is 0.948. The lowest BCUT2D eigenvalue weighted by Gasteiger charge is -2.00. The van der Waals surface area contributed by atoms with Crippen LogP contribution in [0.5, 0.6) is 0 Å². The van der Waals surface area contributed by atoms with Crippen LogP contribution < -0.4 is 5.73 Å². The number of anilines is 1. The third-order valence-corrected chi connectivity index (χ3v) is 3.51. The molecular weight excluding hydrogens is 234 g/mol. The Morgan fingerprint density at radius 1 is 1.47 bits per heavy atom. The quantitative estimate of drug-likeness (QED) is 0.820. The second-order valence-electron chi connectivity index (χ2n) is 2.85. The molecule has 0 bridgehead atoms. The van der Waals surface area contributed by atoms with Crippen molar-refractivity contribution in [2.45, 2.75) is 23.4 Å². The molecule has 80 valence electrons. The van der Waals surface area contributed by atoms with Crippen molar-refractivity contribution in [2.24, 2.45) is 0 Å². The molecule has 0 radical (unpaired) electrons. The van der Waals surface area contributed by atoms with Gasteiger partial charge in [-0.25, -0.2) is 0 Å². The van der Waals surface area contributed by atoms with Gasteiger partial charge in [0, 0.05) is 0 Å². The van der Waals surface area contributed by atoms with Gasteiger partial charge in [0.25, 0.3) is 0 Å². The van der Waals surface area contributed by atoms with Crippen LogP contribution in [0.3, 0.4) is 0 Å². The summed E-state index contributed by atoms with van der Waals surface area (Å²) in [5, 5.41) is 11.9. The van der Waals surface area contributed by atoms with Crippen LogP contribution in [-0.4, -0.2) is 20.3 Å². The smallest absolute Gasteiger partial charge is 0.239 e. The average molecular weight is 243 g/mol. The van der Waals surface area contributed by atoms with Crippen LogP contribution >= 0.6 is 23.1 Å². The summed E-state index contributed by atoms with van der Waals surface area (Å²) in [5.74, 6) is 1.22. The van der Waals surface area contributed by atoms with Gasteiger partial charge in [0.05, 0.1) is 5.25 Å². The Bertz CT molecular complexity index is 454. The first-order chi connectivity index (χ1) is 7.15. The largest absolute Gasteiger partial charge is 0.374 e. The van der Waals surface area contributed by atoms with E-state index in [1.807, 2.05) is 6.92 Å². The molecule has 0 spiro atoms. The molecule has 0 fully saturated rings. The van der Waals surface area contributed by atoms with E-state index in [1.54, 1.807) is 6.92 Å². The number of aromatic nitrogens is 4. The summed E-state index contributed by atoms with van der Waals surface area (Å²) >= 11 is 2.85. The number of hydrogen-bond donors (Lipinski definition) is 1. The van der Waals surface area contributed by atoms with E-state index in [2.05, 4.69) is 20.3 Å². The van der Waals surface area contributed by atoms with Crippen LogP contribution in [0.15, 0.2) is 8.86 Å². The van der Waals surface area contributed by atoms with Crippen LogP contribution in [0, 0.1) is 6.92 Å². The highest BCUT2D eigenvalue weighted by Crippen LogP contribution is 2.35. The van der Waals surface area contributed by atoms with Crippen LogP contribution in [0.2, 0.25) is 0 Å². The monoisotopic (exact) mass is 243 g/mol. The second-order valence-corrected chi connectivity index (χ2v) is 5.44. The number of nitrogen functional groups attached to an aromatic ring is 1. The molecule has 8 heteroatoms. The maximum Gasteiger partial charge on any atom is 0.239 e. The van der Waals surface area contributed by atoms with E-state index < -0.39 is 0 Å². The number of nitrogens with two attached hydrogens (primary N) is 1. The fraction of sp³-hybridized carbons (Fsp3) is 0.429. The third-order valence-electron chi connectivity index (χ3n) is 1.59. The van der Waals surface area contributed by atoms with Crippen LogP contribution in [0.25, 0.3) is 0 Å². The van der Waals surface area contributed by atoms with E-state index in [0.29, 0.717) is 16.8 Å². The molecule has 2 heterocycles. The minimum atomic E-state index is 0.0542. The zero-order chi connectivity index (χ0) is 10.8. The zero-order valence-corrected chi connectivity index (χ0v) is 9.80. The Morgan fingerprint density at radius 2 is 2.27 bits per heavy atom. The zero-order valence-electron chi connectivity index (χ0n) is 8.17. The number of nitrogens with zero attached hydrogens (tertiary/aromatic N) is 4. The van der Waals surface area contributed by atoms with E-state index in [1.165, 1.54) is 23.1 Å². The Morgan fingerprint density at radius 3 is 2.80 bits per heavy atom. The molecule has 6 nitrogen and oxygen atoms in total. The second kappa shape index (κ2) is 4.15. The van der Waals surface area contributed by atoms with Gasteiger partial charge in [-0.05, 0) is 13.8 Å². The Kier molecular flexibility index (Phi) is 2.87. The lowest BCUT2D eigenvalue weighted by atomic mass is 10.5. The van der Waals surface area contributed by atoms with Gasteiger partial charge in [-0.15, -0.1) is 10.2 Å². The van der Waals surface area contributed by atoms with Gasteiger partial charge in [-0.1, -0.05) is 28.3 Å². The summed E-state index contributed by atoms with van der Waals surface area (Å²) in [4.78, 5) is 4.14. The minimum absolute atomic E-state index is 0.0542. The number of rotatable bonds is 3. The molecule has 15 heavy (non-hydrogen) atoms. The van der Waals surface area contributed by atoms with E-state index in [0.717, 1.165) is 4.34 Å².